The lowest BCUT2D eigenvalue weighted by Crippen LogP contribution is -2.52. The number of hydrazine groups is 1. The van der Waals surface area contributed by atoms with Crippen molar-refractivity contribution in [3.8, 4) is 0 Å². The molecule has 0 radical (unpaired) electrons. The quantitative estimate of drug-likeness (QED) is 0.649. The first-order valence-corrected chi connectivity index (χ1v) is 10.3. The van der Waals surface area contributed by atoms with Crippen molar-refractivity contribution in [3.63, 3.8) is 0 Å². The molecule has 2 aromatic carbocycles. The first-order valence-electron chi connectivity index (χ1n) is 10.3. The third-order valence-electron chi connectivity index (χ3n) is 5.69. The Morgan fingerprint density at radius 3 is 2.15 bits per heavy atom. The maximum absolute atomic E-state index is 13.4. The van der Waals surface area contributed by atoms with E-state index in [0.717, 1.165) is 0 Å². The zero-order valence-corrected chi connectivity index (χ0v) is 17.5. The normalized spacial score (nSPS) is 21.5. The third kappa shape index (κ3) is 4.87. The fourth-order valence-electron chi connectivity index (χ4n) is 4.08. The molecule has 6 nitrogen and oxygen atoms in total. The summed E-state index contributed by atoms with van der Waals surface area (Å²) in [5.74, 6) is -2.66. The lowest BCUT2D eigenvalue weighted by molar-refractivity contribution is -0.143. The molecule has 2 N–H and O–H groups in total. The SMILES string of the molecule is O=C1NC(c2cc(C(F)(F)F)cc(C(F)(F)F)c2)C(C(=O)NN2CCOCC2)c2ccccc21. The number of rotatable bonds is 3. The van der Waals surface area contributed by atoms with Crippen LogP contribution in [0.3, 0.4) is 0 Å². The molecular weight excluding hydrogens is 468 g/mol. The van der Waals surface area contributed by atoms with Gasteiger partial charge in [0.2, 0.25) is 5.91 Å². The highest BCUT2D eigenvalue weighted by Gasteiger charge is 2.43. The molecule has 1 saturated heterocycles. The molecule has 34 heavy (non-hydrogen) atoms. The molecule has 0 aliphatic carbocycles. The zero-order chi connectivity index (χ0) is 24.7. The number of amides is 2. The van der Waals surface area contributed by atoms with Crippen LogP contribution in [0.5, 0.6) is 0 Å². The number of morpholine rings is 1. The Hall–Kier alpha value is -3.12. The second-order valence-corrected chi connectivity index (χ2v) is 7.93. The van der Waals surface area contributed by atoms with Crippen LogP contribution in [0, 0.1) is 0 Å². The smallest absolute Gasteiger partial charge is 0.379 e. The predicted octanol–water partition coefficient (Wildman–Crippen LogP) is 3.66. The van der Waals surface area contributed by atoms with Crippen LogP contribution in [0.1, 0.15) is 44.6 Å². The molecule has 2 heterocycles. The molecule has 2 aromatic rings. The van der Waals surface area contributed by atoms with Crippen molar-refractivity contribution >= 4 is 11.8 Å². The lowest BCUT2D eigenvalue weighted by atomic mass is 9.80. The molecule has 2 atom stereocenters. The summed E-state index contributed by atoms with van der Waals surface area (Å²) in [6, 6.07) is 5.58. The van der Waals surface area contributed by atoms with E-state index in [1.807, 2.05) is 0 Å². The third-order valence-corrected chi connectivity index (χ3v) is 5.69. The van der Waals surface area contributed by atoms with Gasteiger partial charge in [0, 0.05) is 18.7 Å². The molecule has 2 amide bonds. The van der Waals surface area contributed by atoms with Gasteiger partial charge in [-0.15, -0.1) is 0 Å². The molecular formula is C22H19F6N3O3. The number of fused-ring (bicyclic) bond motifs is 1. The van der Waals surface area contributed by atoms with Gasteiger partial charge < -0.3 is 10.1 Å². The van der Waals surface area contributed by atoms with Gasteiger partial charge in [-0.2, -0.15) is 26.3 Å². The van der Waals surface area contributed by atoms with E-state index in [4.69, 9.17) is 4.74 Å². The monoisotopic (exact) mass is 487 g/mol. The van der Waals surface area contributed by atoms with E-state index in [2.05, 4.69) is 10.7 Å². The van der Waals surface area contributed by atoms with Crippen molar-refractivity contribution in [2.75, 3.05) is 26.3 Å². The van der Waals surface area contributed by atoms with Gasteiger partial charge in [-0.25, -0.2) is 5.01 Å². The summed E-state index contributed by atoms with van der Waals surface area (Å²) < 4.78 is 85.8. The summed E-state index contributed by atoms with van der Waals surface area (Å²) in [7, 11) is 0. The molecule has 0 bridgehead atoms. The van der Waals surface area contributed by atoms with Crippen molar-refractivity contribution in [2.45, 2.75) is 24.3 Å². The molecule has 2 aliphatic rings. The lowest BCUT2D eigenvalue weighted by Gasteiger charge is -2.36. The van der Waals surface area contributed by atoms with E-state index in [0.29, 0.717) is 38.4 Å². The number of alkyl halides is 6. The molecule has 0 saturated carbocycles. The van der Waals surface area contributed by atoms with Crippen molar-refractivity contribution in [1.82, 2.24) is 15.8 Å². The fourth-order valence-corrected chi connectivity index (χ4v) is 4.08. The molecule has 1 fully saturated rings. The summed E-state index contributed by atoms with van der Waals surface area (Å²) in [4.78, 5) is 26.0. The molecule has 0 spiro atoms. The highest BCUT2D eigenvalue weighted by Crippen LogP contribution is 2.42. The number of hydrogen-bond donors (Lipinski definition) is 2. The Morgan fingerprint density at radius 2 is 1.56 bits per heavy atom. The Bertz CT molecular complexity index is 1060. The number of nitrogens with one attached hydrogen (secondary N) is 2. The highest BCUT2D eigenvalue weighted by molar-refractivity contribution is 6.01. The average Bonchev–Trinajstić information content (AvgIpc) is 2.78. The van der Waals surface area contributed by atoms with Crippen LogP contribution in [0.2, 0.25) is 0 Å². The van der Waals surface area contributed by atoms with Gasteiger partial charge in [0.1, 0.15) is 0 Å². The largest absolute Gasteiger partial charge is 0.416 e. The number of hydrogen-bond acceptors (Lipinski definition) is 4. The second-order valence-electron chi connectivity index (χ2n) is 7.93. The topological polar surface area (TPSA) is 70.7 Å². The number of ether oxygens (including phenoxy) is 1. The van der Waals surface area contributed by atoms with E-state index < -0.39 is 52.8 Å². The summed E-state index contributed by atoms with van der Waals surface area (Å²) in [5.41, 5.74) is -0.570. The van der Waals surface area contributed by atoms with Crippen molar-refractivity contribution in [3.05, 3.63) is 70.3 Å². The maximum Gasteiger partial charge on any atom is 0.416 e. The Labute approximate surface area is 189 Å². The number of benzene rings is 2. The maximum atomic E-state index is 13.4. The summed E-state index contributed by atoms with van der Waals surface area (Å²) in [5, 5.41) is 3.99. The number of nitrogens with zero attached hydrogens (tertiary/aromatic N) is 1. The molecule has 0 aromatic heterocycles. The minimum atomic E-state index is -5.07. The fraction of sp³-hybridized carbons (Fsp3) is 0.364. The van der Waals surface area contributed by atoms with Crippen LogP contribution < -0.4 is 10.7 Å². The molecule has 2 aliphatic heterocycles. The van der Waals surface area contributed by atoms with Gasteiger partial charge in [-0.3, -0.25) is 15.0 Å². The van der Waals surface area contributed by atoms with Crippen molar-refractivity contribution < 1.29 is 40.7 Å². The van der Waals surface area contributed by atoms with Gasteiger partial charge in [0.05, 0.1) is 36.3 Å². The van der Waals surface area contributed by atoms with Crippen LogP contribution in [-0.4, -0.2) is 43.1 Å². The van der Waals surface area contributed by atoms with E-state index in [9.17, 15) is 35.9 Å². The Balaban J connectivity index is 1.81. The predicted molar refractivity (Wildman–Crippen MR) is 106 cm³/mol. The standard InChI is InChI=1S/C22H19F6N3O3/c23-21(24,25)13-9-12(10-14(11-13)22(26,27)28)18-17(20(33)30-31-5-7-34-8-6-31)15-3-1-2-4-16(15)19(32)29-18/h1-4,9-11,17-18H,5-8H2,(H,29,32)(H,30,33). The van der Waals surface area contributed by atoms with E-state index in [1.165, 1.54) is 18.2 Å². The molecule has 4 rings (SSSR count). The van der Waals surface area contributed by atoms with E-state index >= 15 is 0 Å². The van der Waals surface area contributed by atoms with Crippen LogP contribution in [0.15, 0.2) is 42.5 Å². The van der Waals surface area contributed by atoms with Gasteiger partial charge >= 0.3 is 12.4 Å². The van der Waals surface area contributed by atoms with E-state index in [-0.39, 0.29) is 17.2 Å². The summed E-state index contributed by atoms with van der Waals surface area (Å²) in [6.45, 7) is 1.37. The van der Waals surface area contributed by atoms with Crippen molar-refractivity contribution in [2.24, 2.45) is 0 Å². The van der Waals surface area contributed by atoms with Gasteiger partial charge in [-0.1, -0.05) is 18.2 Å². The summed E-state index contributed by atoms with van der Waals surface area (Å²) in [6.07, 6.45) is -10.1. The van der Waals surface area contributed by atoms with Crippen LogP contribution in [-0.2, 0) is 21.9 Å². The zero-order valence-electron chi connectivity index (χ0n) is 17.5. The van der Waals surface area contributed by atoms with Crippen molar-refractivity contribution in [1.29, 1.82) is 0 Å². The van der Waals surface area contributed by atoms with Gasteiger partial charge in [-0.05, 0) is 35.4 Å². The van der Waals surface area contributed by atoms with Gasteiger partial charge in [0.15, 0.2) is 0 Å². The summed E-state index contributed by atoms with van der Waals surface area (Å²) >= 11 is 0. The minimum absolute atomic E-state index is 0.00486. The molecule has 182 valence electrons. The Kier molecular flexibility index (Phi) is 6.30. The number of halogens is 6. The van der Waals surface area contributed by atoms with Crippen LogP contribution >= 0.6 is 0 Å². The average molecular weight is 487 g/mol. The number of carbonyl (C=O) groups is 2. The second kappa shape index (κ2) is 8.91. The first-order chi connectivity index (χ1) is 15.9. The number of carbonyl (C=O) groups excluding carboxylic acids is 2. The van der Waals surface area contributed by atoms with Crippen LogP contribution in [0.25, 0.3) is 0 Å². The highest BCUT2D eigenvalue weighted by atomic mass is 19.4. The Morgan fingerprint density at radius 1 is 0.971 bits per heavy atom. The first kappa shape index (κ1) is 24.0. The minimum Gasteiger partial charge on any atom is -0.379 e. The van der Waals surface area contributed by atoms with Gasteiger partial charge in [0.25, 0.3) is 5.91 Å². The van der Waals surface area contributed by atoms with E-state index in [1.54, 1.807) is 11.1 Å². The molecule has 2 unspecified atom stereocenters. The van der Waals surface area contributed by atoms with Crippen LogP contribution in [0.4, 0.5) is 26.3 Å². The molecule has 12 heteroatoms.